The molecule has 0 aromatic heterocycles. The summed E-state index contributed by atoms with van der Waals surface area (Å²) in [6.45, 7) is 11.6. The molecular weight excluding hydrogens is 503 g/mol. The number of benzene rings is 2. The van der Waals surface area contributed by atoms with Crippen molar-refractivity contribution in [3.63, 3.8) is 0 Å². The second-order valence-corrected chi connectivity index (χ2v) is 30.3. The predicted molar refractivity (Wildman–Crippen MR) is 137 cm³/mol. The molecule has 0 fully saturated rings. The van der Waals surface area contributed by atoms with Gasteiger partial charge < -0.3 is 0 Å². The largest absolute Gasteiger partial charge is 0.147 e. The summed E-state index contributed by atoms with van der Waals surface area (Å²) >= 11 is -3.93. The maximum Gasteiger partial charge on any atom is -0.147 e. The van der Waals surface area contributed by atoms with Crippen molar-refractivity contribution in [3.8, 4) is 0 Å². The molecule has 0 unspecified atom stereocenters. The molecular formula is C26H32Cl2SiZr. The van der Waals surface area contributed by atoms with Gasteiger partial charge in [0.15, 0.2) is 0 Å². The average molecular weight is 535 g/mol. The molecule has 0 amide bonds. The van der Waals surface area contributed by atoms with E-state index in [0.717, 1.165) is 12.8 Å². The van der Waals surface area contributed by atoms with Gasteiger partial charge in [-0.05, 0) is 0 Å². The molecule has 0 radical (unpaired) electrons. The van der Waals surface area contributed by atoms with Crippen molar-refractivity contribution in [1.82, 2.24) is 0 Å². The number of rotatable bonds is 4. The van der Waals surface area contributed by atoms with E-state index in [1.54, 1.807) is 13.1 Å². The van der Waals surface area contributed by atoms with Gasteiger partial charge in [-0.3, -0.25) is 0 Å². The molecule has 0 atom stereocenters. The van der Waals surface area contributed by atoms with E-state index < -0.39 is 17.4 Å². The first-order valence-corrected chi connectivity index (χ1v) is 21.1. The SMILES string of the molecule is CC1=C(C)C[C]([Zr](=[SiH2])([C]2=CC(C)=C(C)C2)([c]2ccccc2)[c]2ccccc2)=C1.Cl.Cl. The van der Waals surface area contributed by atoms with E-state index in [2.05, 4.69) is 107 Å². The van der Waals surface area contributed by atoms with Crippen LogP contribution in [0.3, 0.4) is 0 Å². The first-order valence-electron chi connectivity index (χ1n) is 10.2. The minimum atomic E-state index is -3.93. The number of hydrogen-bond acceptors (Lipinski definition) is 0. The third kappa shape index (κ3) is 3.65. The number of allylic oxidation sites excluding steroid dienone is 8. The fourth-order valence-corrected chi connectivity index (χ4v) is 26.5. The summed E-state index contributed by atoms with van der Waals surface area (Å²) in [7, 11) is 0. The number of halogens is 2. The van der Waals surface area contributed by atoms with Gasteiger partial charge in [0.25, 0.3) is 0 Å². The minimum Gasteiger partial charge on any atom is -0.147 e. The maximum atomic E-state index is 2.55. The number of hydrogen-bond donors (Lipinski definition) is 0. The molecule has 2 aliphatic carbocycles. The quantitative estimate of drug-likeness (QED) is 0.424. The van der Waals surface area contributed by atoms with Gasteiger partial charge in [-0.25, -0.2) is 0 Å². The van der Waals surface area contributed by atoms with Crippen molar-refractivity contribution in [1.29, 1.82) is 0 Å². The van der Waals surface area contributed by atoms with Crippen molar-refractivity contribution in [3.05, 3.63) is 102 Å². The van der Waals surface area contributed by atoms with Crippen LogP contribution in [0.1, 0.15) is 40.5 Å². The van der Waals surface area contributed by atoms with E-state index in [4.69, 9.17) is 0 Å². The normalized spacial score (nSPS) is 16.7. The molecule has 0 N–H and O–H groups in total. The molecule has 158 valence electrons. The zero-order valence-electron chi connectivity index (χ0n) is 18.4. The third-order valence-electron chi connectivity index (χ3n) is 7.28. The molecule has 0 saturated heterocycles. The van der Waals surface area contributed by atoms with Crippen LogP contribution in [0, 0.1) is 0 Å². The molecule has 4 heteroatoms. The predicted octanol–water partition coefficient (Wildman–Crippen LogP) is 5.97. The molecule has 4 rings (SSSR count). The third-order valence-corrected chi connectivity index (χ3v) is 33.9. The van der Waals surface area contributed by atoms with Crippen LogP contribution in [-0.4, -0.2) is 6.88 Å². The Hall–Kier alpha value is -0.920. The first-order chi connectivity index (χ1) is 13.4. The Kier molecular flexibility index (Phi) is 7.85. The smallest absolute Gasteiger partial charge is 0.147 e. The van der Waals surface area contributed by atoms with Crippen molar-refractivity contribution >= 4 is 38.2 Å². The van der Waals surface area contributed by atoms with E-state index in [-0.39, 0.29) is 24.8 Å². The van der Waals surface area contributed by atoms with Crippen molar-refractivity contribution in [2.45, 2.75) is 40.5 Å². The molecule has 0 bridgehead atoms. The summed E-state index contributed by atoms with van der Waals surface area (Å²) in [5, 5.41) is 0. The Morgan fingerprint density at radius 3 is 1.20 bits per heavy atom. The molecule has 2 aromatic rings. The van der Waals surface area contributed by atoms with E-state index in [1.807, 2.05) is 0 Å². The van der Waals surface area contributed by atoms with Gasteiger partial charge >= 0.3 is 173 Å². The standard InChI is InChI=1S/2C7H9.2C6H5.2ClH.H2Si.Zr/c2*1-6-4-3-5-7(6)2;2*1-2-4-6-5-3-1;;;;/h2*4H,5H2,1-2H3;2*1-5H;2*1H;1H2;. The Bertz CT molecular complexity index is 1040. The zero-order valence-corrected chi connectivity index (χ0v) is 23.9. The summed E-state index contributed by atoms with van der Waals surface area (Å²) in [5.74, 6) is 0. The molecule has 0 saturated carbocycles. The van der Waals surface area contributed by atoms with E-state index in [9.17, 15) is 0 Å². The molecule has 30 heavy (non-hydrogen) atoms. The Morgan fingerprint density at radius 2 is 0.933 bits per heavy atom. The second kappa shape index (κ2) is 9.29. The summed E-state index contributed by atoms with van der Waals surface area (Å²) in [6.07, 6.45) is 7.36. The van der Waals surface area contributed by atoms with Gasteiger partial charge in [0, 0.05) is 0 Å². The van der Waals surface area contributed by atoms with Crippen LogP contribution in [0.25, 0.3) is 0 Å². The second-order valence-electron chi connectivity index (χ2n) is 8.81. The topological polar surface area (TPSA) is 0 Å². The van der Waals surface area contributed by atoms with Crippen molar-refractivity contribution < 1.29 is 17.4 Å². The van der Waals surface area contributed by atoms with Crippen LogP contribution in [0.5, 0.6) is 0 Å². The summed E-state index contributed by atoms with van der Waals surface area (Å²) in [4.78, 5) is 0. The zero-order chi connectivity index (χ0) is 20.0. The molecule has 2 aromatic carbocycles. The summed E-state index contributed by atoms with van der Waals surface area (Å²) < 4.78 is 6.58. The van der Waals surface area contributed by atoms with Gasteiger partial charge in [0.05, 0.1) is 0 Å². The summed E-state index contributed by atoms with van der Waals surface area (Å²) in [5.41, 5.74) is 6.01. The maximum absolute atomic E-state index is 3.93. The van der Waals surface area contributed by atoms with Crippen molar-refractivity contribution in [2.24, 2.45) is 0 Å². The van der Waals surface area contributed by atoms with Crippen LogP contribution < -0.4 is 6.54 Å². The van der Waals surface area contributed by atoms with E-state index in [1.165, 1.54) is 22.3 Å². The van der Waals surface area contributed by atoms with E-state index >= 15 is 0 Å². The van der Waals surface area contributed by atoms with Crippen LogP contribution in [-0.2, 0) is 17.4 Å². The van der Waals surface area contributed by atoms with Gasteiger partial charge in [0.2, 0.25) is 0 Å². The monoisotopic (exact) mass is 532 g/mol. The Morgan fingerprint density at radius 1 is 0.600 bits per heavy atom. The Balaban J connectivity index is 0.00000160. The van der Waals surface area contributed by atoms with Crippen LogP contribution in [0.15, 0.2) is 102 Å². The van der Waals surface area contributed by atoms with Crippen LogP contribution in [0.2, 0.25) is 0 Å². The molecule has 2 aliphatic rings. The van der Waals surface area contributed by atoms with Gasteiger partial charge in [-0.1, -0.05) is 0 Å². The fraction of sp³-hybridized carbons (Fsp3) is 0.231. The van der Waals surface area contributed by atoms with Crippen molar-refractivity contribution in [2.75, 3.05) is 0 Å². The molecule has 0 aliphatic heterocycles. The van der Waals surface area contributed by atoms with Crippen LogP contribution >= 0.6 is 24.8 Å². The van der Waals surface area contributed by atoms with Gasteiger partial charge in [0.1, 0.15) is 0 Å². The average Bonchev–Trinajstić information content (AvgIpc) is 3.25. The molecule has 0 spiro atoms. The Labute approximate surface area is 196 Å². The summed E-state index contributed by atoms with van der Waals surface area (Å²) in [6, 6.07) is 22.9. The molecule has 0 nitrogen and oxygen atoms in total. The van der Waals surface area contributed by atoms with Gasteiger partial charge in [-0.15, -0.1) is 24.8 Å². The van der Waals surface area contributed by atoms with E-state index in [0.29, 0.717) is 0 Å². The first kappa shape index (κ1) is 25.3. The minimum absolute atomic E-state index is 0. The molecule has 0 heterocycles. The fourth-order valence-electron chi connectivity index (χ4n) is 5.16. The van der Waals surface area contributed by atoms with Gasteiger partial charge in [-0.2, -0.15) is 0 Å². The van der Waals surface area contributed by atoms with Crippen LogP contribution in [0.4, 0.5) is 0 Å².